The number of nitrogens with one attached hydrogen (secondary N) is 2. The molecule has 2 N–H and O–H groups in total. The van der Waals surface area contributed by atoms with Gasteiger partial charge in [0.15, 0.2) is 5.13 Å². The number of rotatable bonds is 7. The Morgan fingerprint density at radius 3 is 2.41 bits per heavy atom. The quantitative estimate of drug-likeness (QED) is 0.189. The van der Waals surface area contributed by atoms with Crippen LogP contribution in [0.25, 0.3) is 10.2 Å². The van der Waals surface area contributed by atoms with Crippen LogP contribution >= 0.6 is 23.1 Å². The number of hydrogen-bond acceptors (Lipinski definition) is 7. The zero-order chi connectivity index (χ0) is 24.2. The first kappa shape index (κ1) is 23.4. The largest absolute Gasteiger partial charge is 0.322 e. The van der Waals surface area contributed by atoms with E-state index in [1.165, 1.54) is 47.4 Å². The second kappa shape index (κ2) is 10.0. The van der Waals surface area contributed by atoms with Crippen LogP contribution in [-0.4, -0.2) is 27.0 Å². The molecule has 34 heavy (non-hydrogen) atoms. The highest BCUT2D eigenvalue weighted by Crippen LogP contribution is 2.29. The molecule has 3 aromatic carbocycles. The van der Waals surface area contributed by atoms with Gasteiger partial charge in [-0.05, 0) is 67.9 Å². The summed E-state index contributed by atoms with van der Waals surface area (Å²) in [6.07, 6.45) is 0. The van der Waals surface area contributed by atoms with Crippen LogP contribution in [-0.2, 0) is 4.79 Å². The molecule has 1 aromatic heterocycles. The molecular weight excluding hydrogens is 472 g/mol. The molecule has 1 atom stereocenters. The van der Waals surface area contributed by atoms with Crippen LogP contribution < -0.4 is 10.6 Å². The molecule has 4 rings (SSSR count). The van der Waals surface area contributed by atoms with Crippen LogP contribution in [0, 0.1) is 17.0 Å². The van der Waals surface area contributed by atoms with Crippen molar-refractivity contribution in [1.82, 2.24) is 4.98 Å². The summed E-state index contributed by atoms with van der Waals surface area (Å²) >= 11 is 2.84. The predicted molar refractivity (Wildman–Crippen MR) is 136 cm³/mol. The zero-order valence-corrected chi connectivity index (χ0v) is 19.9. The monoisotopic (exact) mass is 492 g/mol. The third-order valence-corrected chi connectivity index (χ3v) is 6.95. The molecule has 0 aliphatic carbocycles. The molecule has 1 heterocycles. The predicted octanol–water partition coefficient (Wildman–Crippen LogP) is 5.88. The second-order valence-corrected chi connectivity index (χ2v) is 9.97. The number of thioether (sulfide) groups is 1. The number of benzene rings is 3. The van der Waals surface area contributed by atoms with Crippen LogP contribution in [0.1, 0.15) is 22.8 Å². The van der Waals surface area contributed by atoms with Crippen molar-refractivity contribution in [1.29, 1.82) is 0 Å². The van der Waals surface area contributed by atoms with Gasteiger partial charge in [-0.15, -0.1) is 11.8 Å². The molecular formula is C24H20N4O4S2. The van der Waals surface area contributed by atoms with Gasteiger partial charge < -0.3 is 10.6 Å². The maximum Gasteiger partial charge on any atom is 0.269 e. The molecule has 8 nitrogen and oxygen atoms in total. The lowest BCUT2D eigenvalue weighted by Crippen LogP contribution is -2.22. The molecule has 2 amide bonds. The van der Waals surface area contributed by atoms with Crippen molar-refractivity contribution in [2.75, 3.05) is 10.6 Å². The van der Waals surface area contributed by atoms with Gasteiger partial charge in [0.05, 0.1) is 20.4 Å². The van der Waals surface area contributed by atoms with E-state index in [-0.39, 0.29) is 22.8 Å². The molecule has 0 saturated heterocycles. The van der Waals surface area contributed by atoms with Crippen LogP contribution in [0.15, 0.2) is 71.6 Å². The summed E-state index contributed by atoms with van der Waals surface area (Å²) in [5.41, 5.74) is 2.83. The molecule has 0 aliphatic heterocycles. The van der Waals surface area contributed by atoms with Crippen molar-refractivity contribution >= 4 is 61.6 Å². The van der Waals surface area contributed by atoms with Crippen LogP contribution in [0.2, 0.25) is 0 Å². The highest BCUT2D eigenvalue weighted by molar-refractivity contribution is 8.00. The molecule has 1 unspecified atom stereocenters. The molecule has 0 fully saturated rings. The van der Waals surface area contributed by atoms with Gasteiger partial charge in [-0.1, -0.05) is 17.4 Å². The van der Waals surface area contributed by atoms with Gasteiger partial charge >= 0.3 is 0 Å². The number of thiazole rings is 1. The number of anilines is 2. The number of aryl methyl sites for hydroxylation is 1. The Kier molecular flexibility index (Phi) is 6.90. The highest BCUT2D eigenvalue weighted by atomic mass is 32.2. The van der Waals surface area contributed by atoms with Gasteiger partial charge in [0.2, 0.25) is 5.91 Å². The van der Waals surface area contributed by atoms with Crippen LogP contribution in [0.3, 0.4) is 0 Å². The lowest BCUT2D eigenvalue weighted by molar-refractivity contribution is -0.384. The summed E-state index contributed by atoms with van der Waals surface area (Å²) in [6, 6.07) is 18.5. The normalized spacial score (nSPS) is 11.7. The van der Waals surface area contributed by atoms with E-state index >= 15 is 0 Å². The summed E-state index contributed by atoms with van der Waals surface area (Å²) in [6.45, 7) is 3.84. The summed E-state index contributed by atoms with van der Waals surface area (Å²) < 4.78 is 1.03. The van der Waals surface area contributed by atoms with Crippen molar-refractivity contribution < 1.29 is 14.5 Å². The third kappa shape index (κ3) is 5.59. The first-order chi connectivity index (χ1) is 16.3. The van der Waals surface area contributed by atoms with Gasteiger partial charge in [0.1, 0.15) is 0 Å². The molecule has 10 heteroatoms. The Morgan fingerprint density at radius 2 is 1.74 bits per heavy atom. The van der Waals surface area contributed by atoms with Crippen LogP contribution in [0.4, 0.5) is 16.5 Å². The number of nitro groups is 1. The first-order valence-corrected chi connectivity index (χ1v) is 12.0. The van der Waals surface area contributed by atoms with Gasteiger partial charge in [-0.25, -0.2) is 4.98 Å². The maximum atomic E-state index is 12.6. The summed E-state index contributed by atoms with van der Waals surface area (Å²) in [5, 5.41) is 16.6. The van der Waals surface area contributed by atoms with Gasteiger partial charge in [0.25, 0.3) is 11.6 Å². The Hall–Kier alpha value is -3.76. The van der Waals surface area contributed by atoms with E-state index < -0.39 is 4.92 Å². The number of amides is 2. The van der Waals surface area contributed by atoms with Gasteiger partial charge in [-0.2, -0.15) is 0 Å². The van der Waals surface area contributed by atoms with Crippen molar-refractivity contribution in [3.05, 3.63) is 88.0 Å². The van der Waals surface area contributed by atoms with E-state index in [2.05, 4.69) is 15.6 Å². The molecule has 0 radical (unpaired) electrons. The number of carbonyl (C=O) groups is 2. The van der Waals surface area contributed by atoms with Gasteiger partial charge in [-0.3, -0.25) is 19.7 Å². The average Bonchev–Trinajstić information content (AvgIpc) is 3.21. The van der Waals surface area contributed by atoms with Gasteiger partial charge in [0, 0.05) is 28.3 Å². The maximum absolute atomic E-state index is 12.6. The number of fused-ring (bicyclic) bond motifs is 1. The van der Waals surface area contributed by atoms with Crippen molar-refractivity contribution in [3.63, 3.8) is 0 Å². The number of nitro benzene ring substituents is 1. The number of aromatic nitrogens is 1. The van der Waals surface area contributed by atoms with E-state index in [1.54, 1.807) is 12.1 Å². The molecule has 0 bridgehead atoms. The Labute approximate surface area is 203 Å². The lowest BCUT2D eigenvalue weighted by Gasteiger charge is -2.11. The Bertz CT molecular complexity index is 1370. The van der Waals surface area contributed by atoms with E-state index in [1.807, 2.05) is 44.2 Å². The fraction of sp³-hybridized carbons (Fsp3) is 0.125. The molecule has 4 aromatic rings. The highest BCUT2D eigenvalue weighted by Gasteiger charge is 2.17. The first-order valence-electron chi connectivity index (χ1n) is 10.3. The van der Waals surface area contributed by atoms with Crippen molar-refractivity contribution in [2.45, 2.75) is 24.0 Å². The minimum Gasteiger partial charge on any atom is -0.322 e. The van der Waals surface area contributed by atoms with E-state index in [0.717, 1.165) is 20.7 Å². The number of non-ortho nitro benzene ring substituents is 1. The lowest BCUT2D eigenvalue weighted by atomic mass is 10.2. The second-order valence-electron chi connectivity index (χ2n) is 7.52. The van der Waals surface area contributed by atoms with E-state index in [9.17, 15) is 19.7 Å². The fourth-order valence-electron chi connectivity index (χ4n) is 3.10. The number of nitrogens with zero attached hydrogens (tertiary/aromatic N) is 2. The summed E-state index contributed by atoms with van der Waals surface area (Å²) in [4.78, 5) is 40.6. The van der Waals surface area contributed by atoms with Crippen molar-refractivity contribution in [3.8, 4) is 0 Å². The SMILES string of the molecule is Cc1ccc2nc(NC(=O)C(C)Sc3ccc(NC(=O)c4ccc([N+](=O)[O-])cc4)cc3)sc2c1. The molecule has 172 valence electrons. The number of carbonyl (C=O) groups excluding carboxylic acids is 2. The number of hydrogen-bond donors (Lipinski definition) is 2. The van der Waals surface area contributed by atoms with Crippen molar-refractivity contribution in [2.24, 2.45) is 0 Å². The standard InChI is InChI=1S/C24H20N4O4S2/c1-14-3-12-20-21(13-14)34-24(26-20)27-22(29)15(2)33-19-10-6-17(7-11-19)25-23(30)16-4-8-18(9-5-16)28(31)32/h3-13,15H,1-2H3,(H,25,30)(H,26,27,29). The molecule has 0 spiro atoms. The smallest absolute Gasteiger partial charge is 0.269 e. The summed E-state index contributed by atoms with van der Waals surface area (Å²) in [5.74, 6) is -0.509. The Balaban J connectivity index is 1.33. The zero-order valence-electron chi connectivity index (χ0n) is 18.3. The van der Waals surface area contributed by atoms with E-state index in [0.29, 0.717) is 16.4 Å². The molecule has 0 aliphatic rings. The minimum absolute atomic E-state index is 0.0747. The minimum atomic E-state index is -0.515. The van der Waals surface area contributed by atoms with Crippen LogP contribution in [0.5, 0.6) is 0 Å². The fourth-order valence-corrected chi connectivity index (χ4v) is 4.94. The average molecular weight is 493 g/mol. The summed E-state index contributed by atoms with van der Waals surface area (Å²) in [7, 11) is 0. The topological polar surface area (TPSA) is 114 Å². The molecule has 0 saturated carbocycles. The Morgan fingerprint density at radius 1 is 1.03 bits per heavy atom. The van der Waals surface area contributed by atoms with E-state index in [4.69, 9.17) is 0 Å². The third-order valence-electron chi connectivity index (χ3n) is 4.91.